The van der Waals surface area contributed by atoms with Crippen molar-refractivity contribution in [3.8, 4) is 0 Å². The molecule has 0 saturated heterocycles. The summed E-state index contributed by atoms with van der Waals surface area (Å²) in [5.74, 6) is -0.211. The van der Waals surface area contributed by atoms with Gasteiger partial charge in [0, 0.05) is 17.1 Å². The molecule has 6 heteroatoms. The Morgan fingerprint density at radius 3 is 2.95 bits per heavy atom. The lowest BCUT2D eigenvalue weighted by Crippen LogP contribution is -2.43. The van der Waals surface area contributed by atoms with Gasteiger partial charge in [0.25, 0.3) is 0 Å². The number of amides is 1. The number of carbonyl (C=O) groups excluding carboxylic acids is 1. The van der Waals surface area contributed by atoms with E-state index in [1.54, 1.807) is 18.2 Å². The number of benzene rings is 1. The van der Waals surface area contributed by atoms with Crippen LogP contribution in [0.15, 0.2) is 27.4 Å². The van der Waals surface area contributed by atoms with Gasteiger partial charge in [0.2, 0.25) is 5.91 Å². The van der Waals surface area contributed by atoms with Crippen molar-refractivity contribution in [2.45, 2.75) is 45.2 Å². The summed E-state index contributed by atoms with van der Waals surface area (Å²) in [6, 6.07) is 5.15. The minimum Gasteiger partial charge on any atom is -0.408 e. The molecule has 0 bridgehead atoms. The number of hydrogen-bond donors (Lipinski definition) is 1. The van der Waals surface area contributed by atoms with E-state index in [0.29, 0.717) is 22.0 Å². The van der Waals surface area contributed by atoms with Gasteiger partial charge in [-0.1, -0.05) is 31.4 Å². The number of oxazole rings is 1. The lowest BCUT2D eigenvalue weighted by Gasteiger charge is -2.29. The predicted molar refractivity (Wildman–Crippen MR) is 85.0 cm³/mol. The van der Waals surface area contributed by atoms with E-state index in [2.05, 4.69) is 12.2 Å². The van der Waals surface area contributed by atoms with Crippen molar-refractivity contribution in [3.63, 3.8) is 0 Å². The zero-order chi connectivity index (χ0) is 15.7. The molecule has 1 aliphatic carbocycles. The number of aromatic nitrogens is 1. The third kappa shape index (κ3) is 3.04. The molecule has 0 unspecified atom stereocenters. The van der Waals surface area contributed by atoms with Crippen molar-refractivity contribution in [2.24, 2.45) is 5.92 Å². The summed E-state index contributed by atoms with van der Waals surface area (Å²) in [7, 11) is 0. The number of hydrogen-bond acceptors (Lipinski definition) is 3. The van der Waals surface area contributed by atoms with Gasteiger partial charge in [-0.25, -0.2) is 4.79 Å². The Bertz CT molecular complexity index is 749. The second kappa shape index (κ2) is 6.16. The van der Waals surface area contributed by atoms with Gasteiger partial charge < -0.3 is 9.73 Å². The van der Waals surface area contributed by atoms with E-state index >= 15 is 0 Å². The first-order valence-electron chi connectivity index (χ1n) is 7.63. The van der Waals surface area contributed by atoms with Crippen LogP contribution in [0.5, 0.6) is 0 Å². The first kappa shape index (κ1) is 15.2. The average molecular weight is 323 g/mol. The summed E-state index contributed by atoms with van der Waals surface area (Å²) >= 11 is 5.88. The Hall–Kier alpha value is -1.75. The molecule has 2 atom stereocenters. The number of rotatable bonds is 3. The Labute approximate surface area is 133 Å². The highest BCUT2D eigenvalue weighted by Crippen LogP contribution is 2.24. The Balaban J connectivity index is 1.76. The van der Waals surface area contributed by atoms with E-state index in [1.807, 2.05) is 0 Å². The van der Waals surface area contributed by atoms with Crippen LogP contribution in [-0.2, 0) is 11.3 Å². The molecule has 5 nitrogen and oxygen atoms in total. The summed E-state index contributed by atoms with van der Waals surface area (Å²) in [6.07, 6.45) is 4.50. The van der Waals surface area contributed by atoms with Gasteiger partial charge in [0.15, 0.2) is 5.58 Å². The SMILES string of the molecule is C[C@@H]1CCCC[C@@H]1NC(=O)Cn1c(=O)oc2cc(Cl)ccc21. The van der Waals surface area contributed by atoms with Gasteiger partial charge >= 0.3 is 5.76 Å². The van der Waals surface area contributed by atoms with Crippen molar-refractivity contribution in [2.75, 3.05) is 0 Å². The predicted octanol–water partition coefficient (Wildman–Crippen LogP) is 2.94. The number of fused-ring (bicyclic) bond motifs is 1. The Kier molecular flexibility index (Phi) is 4.25. The molecule has 1 amide bonds. The van der Waals surface area contributed by atoms with Crippen LogP contribution in [0.25, 0.3) is 11.1 Å². The fourth-order valence-corrected chi connectivity index (χ4v) is 3.28. The monoisotopic (exact) mass is 322 g/mol. The quantitative estimate of drug-likeness (QED) is 0.945. The molecule has 3 rings (SSSR count). The molecule has 1 heterocycles. The largest absolute Gasteiger partial charge is 0.420 e. The van der Waals surface area contributed by atoms with Crippen LogP contribution in [0.3, 0.4) is 0 Å². The molecule has 0 radical (unpaired) electrons. The van der Waals surface area contributed by atoms with Crippen molar-refractivity contribution >= 4 is 28.6 Å². The zero-order valence-corrected chi connectivity index (χ0v) is 13.2. The normalized spacial score (nSPS) is 21.9. The molecule has 2 aromatic rings. The molecule has 0 spiro atoms. The van der Waals surface area contributed by atoms with Gasteiger partial charge in [0.05, 0.1) is 5.52 Å². The fourth-order valence-electron chi connectivity index (χ4n) is 3.12. The van der Waals surface area contributed by atoms with Gasteiger partial charge in [-0.3, -0.25) is 9.36 Å². The lowest BCUT2D eigenvalue weighted by atomic mass is 9.86. The van der Waals surface area contributed by atoms with Crippen molar-refractivity contribution in [1.29, 1.82) is 0 Å². The highest BCUT2D eigenvalue weighted by molar-refractivity contribution is 6.31. The number of carbonyl (C=O) groups is 1. The van der Waals surface area contributed by atoms with Crippen LogP contribution in [0.2, 0.25) is 5.02 Å². The first-order valence-corrected chi connectivity index (χ1v) is 8.00. The Morgan fingerprint density at radius 2 is 2.18 bits per heavy atom. The van der Waals surface area contributed by atoms with E-state index in [1.165, 1.54) is 11.0 Å². The molecule has 1 saturated carbocycles. The van der Waals surface area contributed by atoms with E-state index in [9.17, 15) is 9.59 Å². The van der Waals surface area contributed by atoms with E-state index in [0.717, 1.165) is 19.3 Å². The van der Waals surface area contributed by atoms with E-state index in [-0.39, 0.29) is 18.5 Å². The maximum absolute atomic E-state index is 12.2. The summed E-state index contributed by atoms with van der Waals surface area (Å²) in [5.41, 5.74) is 0.984. The molecule has 118 valence electrons. The molecule has 1 aliphatic rings. The van der Waals surface area contributed by atoms with Gasteiger partial charge in [0.1, 0.15) is 6.54 Å². The highest BCUT2D eigenvalue weighted by Gasteiger charge is 2.23. The number of nitrogens with one attached hydrogen (secondary N) is 1. The third-order valence-electron chi connectivity index (χ3n) is 4.39. The maximum Gasteiger partial charge on any atom is 0.420 e. The fraction of sp³-hybridized carbons (Fsp3) is 0.500. The highest BCUT2D eigenvalue weighted by atomic mass is 35.5. The minimum atomic E-state index is -0.538. The van der Waals surface area contributed by atoms with Crippen LogP contribution < -0.4 is 11.1 Å². The molecule has 22 heavy (non-hydrogen) atoms. The molecule has 1 aromatic heterocycles. The third-order valence-corrected chi connectivity index (χ3v) is 4.62. The topological polar surface area (TPSA) is 64.2 Å². The Morgan fingerprint density at radius 1 is 1.41 bits per heavy atom. The molecule has 1 N–H and O–H groups in total. The van der Waals surface area contributed by atoms with Gasteiger partial charge in [-0.2, -0.15) is 0 Å². The molecular formula is C16H19ClN2O3. The average Bonchev–Trinajstić information content (AvgIpc) is 2.77. The molecular weight excluding hydrogens is 304 g/mol. The maximum atomic E-state index is 12.2. The molecule has 1 fully saturated rings. The van der Waals surface area contributed by atoms with Crippen molar-refractivity contribution < 1.29 is 9.21 Å². The summed E-state index contributed by atoms with van der Waals surface area (Å²) in [6.45, 7) is 2.13. The molecule has 0 aliphatic heterocycles. The van der Waals surface area contributed by atoms with Crippen LogP contribution in [-0.4, -0.2) is 16.5 Å². The van der Waals surface area contributed by atoms with Crippen molar-refractivity contribution in [1.82, 2.24) is 9.88 Å². The van der Waals surface area contributed by atoms with E-state index < -0.39 is 5.76 Å². The second-order valence-electron chi connectivity index (χ2n) is 6.00. The summed E-state index contributed by atoms with van der Waals surface area (Å²) in [5, 5.41) is 3.54. The zero-order valence-electron chi connectivity index (χ0n) is 12.5. The van der Waals surface area contributed by atoms with Crippen LogP contribution >= 0.6 is 11.6 Å². The standard InChI is InChI=1S/C16H19ClN2O3/c1-10-4-2-3-5-12(10)18-15(20)9-19-13-7-6-11(17)8-14(13)22-16(19)21/h6-8,10,12H,2-5,9H2,1H3,(H,18,20)/t10-,12+/m1/s1. The number of halogens is 1. The lowest BCUT2D eigenvalue weighted by molar-refractivity contribution is -0.123. The summed E-state index contributed by atoms with van der Waals surface area (Å²) < 4.78 is 6.48. The van der Waals surface area contributed by atoms with Gasteiger partial charge in [-0.05, 0) is 30.9 Å². The summed E-state index contributed by atoms with van der Waals surface area (Å²) in [4.78, 5) is 24.2. The van der Waals surface area contributed by atoms with Gasteiger partial charge in [-0.15, -0.1) is 0 Å². The van der Waals surface area contributed by atoms with Crippen LogP contribution in [0, 0.1) is 5.92 Å². The van der Waals surface area contributed by atoms with E-state index in [4.69, 9.17) is 16.0 Å². The van der Waals surface area contributed by atoms with Crippen LogP contribution in [0.4, 0.5) is 0 Å². The van der Waals surface area contributed by atoms with Crippen molar-refractivity contribution in [3.05, 3.63) is 33.8 Å². The first-order chi connectivity index (χ1) is 10.5. The van der Waals surface area contributed by atoms with Crippen LogP contribution in [0.1, 0.15) is 32.6 Å². The second-order valence-corrected chi connectivity index (χ2v) is 6.44. The minimum absolute atomic E-state index is 0.0311. The molecule has 1 aromatic carbocycles. The number of nitrogens with zero attached hydrogens (tertiary/aromatic N) is 1. The smallest absolute Gasteiger partial charge is 0.408 e.